The average Bonchev–Trinajstić information content (AvgIpc) is 2.98. The number of nitrogens with zero attached hydrogens (tertiary/aromatic N) is 3. The second-order valence-corrected chi connectivity index (χ2v) is 7.47. The van der Waals surface area contributed by atoms with Gasteiger partial charge in [-0.1, -0.05) is 18.2 Å². The minimum Gasteiger partial charge on any atom is -0.233 e. The van der Waals surface area contributed by atoms with Gasteiger partial charge in [0.1, 0.15) is 0 Å². The molecule has 0 amide bonds. The highest BCUT2D eigenvalue weighted by Crippen LogP contribution is 2.30. The van der Waals surface area contributed by atoms with E-state index in [0.29, 0.717) is 22.3 Å². The van der Waals surface area contributed by atoms with Crippen LogP contribution in [0.1, 0.15) is 11.3 Å². The number of para-hydroxylation sites is 1. The topological polar surface area (TPSA) is 87.8 Å². The molecule has 0 aliphatic rings. The number of fused-ring (bicyclic) bond motifs is 1. The van der Waals surface area contributed by atoms with Gasteiger partial charge < -0.3 is 0 Å². The third kappa shape index (κ3) is 4.10. The molecule has 10 heteroatoms. The lowest BCUT2D eigenvalue weighted by atomic mass is 10.2. The Labute approximate surface area is 152 Å². The van der Waals surface area contributed by atoms with Gasteiger partial charge in [-0.2, -0.15) is 23.5 Å². The van der Waals surface area contributed by atoms with Crippen LogP contribution in [0, 0.1) is 11.3 Å². The summed E-state index contributed by atoms with van der Waals surface area (Å²) in [6.45, 7) is -0.141. The first-order valence-electron chi connectivity index (χ1n) is 7.70. The molecule has 1 N–H and O–H groups in total. The lowest BCUT2D eigenvalue weighted by molar-refractivity contribution is -0.137. The summed E-state index contributed by atoms with van der Waals surface area (Å²) in [5, 5.41) is 13.5. The van der Waals surface area contributed by atoms with Gasteiger partial charge in [-0.15, -0.1) is 0 Å². The summed E-state index contributed by atoms with van der Waals surface area (Å²) in [7, 11) is -3.76. The first-order chi connectivity index (χ1) is 12.7. The highest BCUT2D eigenvalue weighted by Gasteiger charge is 2.30. The van der Waals surface area contributed by atoms with Gasteiger partial charge in [-0.25, -0.2) is 17.8 Å². The standard InChI is InChI=1S/C17H13F3N4O2S/c18-17(19,20)12-5-7-13(8-6-12)24-16-4-2-1-3-14(16)15(23-24)11-22-27(25,26)10-9-21/h1-8,22H,10-11H2. The first kappa shape index (κ1) is 18.9. The summed E-state index contributed by atoms with van der Waals surface area (Å²) < 4.78 is 65.3. The second kappa shape index (κ2) is 7.02. The number of sulfonamides is 1. The van der Waals surface area contributed by atoms with Crippen molar-refractivity contribution in [1.29, 1.82) is 5.26 Å². The number of rotatable bonds is 5. The van der Waals surface area contributed by atoms with Gasteiger partial charge in [0.05, 0.1) is 35.1 Å². The highest BCUT2D eigenvalue weighted by molar-refractivity contribution is 7.89. The Morgan fingerprint density at radius 2 is 1.78 bits per heavy atom. The lowest BCUT2D eigenvalue weighted by Crippen LogP contribution is -2.25. The SMILES string of the molecule is N#CCS(=O)(=O)NCc1nn(-c2ccc(C(F)(F)F)cc2)c2ccccc12. The Hall–Kier alpha value is -2.90. The monoisotopic (exact) mass is 394 g/mol. The zero-order valence-corrected chi connectivity index (χ0v) is 14.5. The quantitative estimate of drug-likeness (QED) is 0.721. The van der Waals surface area contributed by atoms with E-state index < -0.39 is 27.5 Å². The molecule has 2 aromatic carbocycles. The summed E-state index contributed by atoms with van der Waals surface area (Å²) in [5.41, 5.74) is 0.649. The molecular formula is C17H13F3N4O2S. The van der Waals surface area contributed by atoms with E-state index in [0.717, 1.165) is 12.1 Å². The Bertz CT molecular complexity index is 1110. The summed E-state index contributed by atoms with van der Waals surface area (Å²) >= 11 is 0. The zero-order chi connectivity index (χ0) is 19.7. The number of benzene rings is 2. The van der Waals surface area contributed by atoms with Gasteiger partial charge in [0, 0.05) is 5.39 Å². The van der Waals surface area contributed by atoms with Crippen LogP contribution in [-0.2, 0) is 22.7 Å². The molecule has 0 spiro atoms. The van der Waals surface area contributed by atoms with Crippen LogP contribution in [0.15, 0.2) is 48.5 Å². The van der Waals surface area contributed by atoms with E-state index >= 15 is 0 Å². The lowest BCUT2D eigenvalue weighted by Gasteiger charge is -2.08. The van der Waals surface area contributed by atoms with Crippen molar-refractivity contribution in [2.24, 2.45) is 0 Å². The number of alkyl halides is 3. The number of halogens is 3. The predicted octanol–water partition coefficient (Wildman–Crippen LogP) is 2.99. The average molecular weight is 394 g/mol. The Balaban J connectivity index is 1.99. The molecule has 0 radical (unpaired) electrons. The number of nitriles is 1. The van der Waals surface area contributed by atoms with Crippen molar-refractivity contribution in [2.45, 2.75) is 12.7 Å². The van der Waals surface area contributed by atoms with E-state index in [2.05, 4.69) is 9.82 Å². The van der Waals surface area contributed by atoms with E-state index in [1.165, 1.54) is 16.8 Å². The van der Waals surface area contributed by atoms with Crippen LogP contribution < -0.4 is 4.72 Å². The molecule has 27 heavy (non-hydrogen) atoms. The van der Waals surface area contributed by atoms with E-state index in [1.807, 2.05) is 0 Å². The fourth-order valence-electron chi connectivity index (χ4n) is 2.56. The third-order valence-electron chi connectivity index (χ3n) is 3.82. The van der Waals surface area contributed by atoms with Crippen molar-refractivity contribution in [1.82, 2.24) is 14.5 Å². The van der Waals surface area contributed by atoms with E-state index in [-0.39, 0.29) is 6.54 Å². The van der Waals surface area contributed by atoms with Gasteiger partial charge in [0.15, 0.2) is 5.75 Å². The zero-order valence-electron chi connectivity index (χ0n) is 13.7. The van der Waals surface area contributed by atoms with Gasteiger partial charge in [-0.05, 0) is 30.3 Å². The molecule has 140 valence electrons. The number of nitrogens with one attached hydrogen (secondary N) is 1. The molecule has 0 atom stereocenters. The number of hydrogen-bond acceptors (Lipinski definition) is 4. The molecule has 0 bridgehead atoms. The van der Waals surface area contributed by atoms with Crippen LogP contribution in [0.5, 0.6) is 0 Å². The van der Waals surface area contributed by atoms with E-state index in [4.69, 9.17) is 5.26 Å². The molecule has 3 rings (SSSR count). The van der Waals surface area contributed by atoms with Crippen molar-refractivity contribution in [3.05, 3.63) is 59.8 Å². The molecule has 3 aromatic rings. The Kier molecular flexibility index (Phi) is 4.91. The minimum atomic E-state index is -4.44. The van der Waals surface area contributed by atoms with Crippen LogP contribution in [0.4, 0.5) is 13.2 Å². The summed E-state index contributed by atoms with van der Waals surface area (Å²) in [4.78, 5) is 0. The van der Waals surface area contributed by atoms with Crippen molar-refractivity contribution < 1.29 is 21.6 Å². The van der Waals surface area contributed by atoms with Crippen LogP contribution >= 0.6 is 0 Å². The molecule has 0 fully saturated rings. The highest BCUT2D eigenvalue weighted by atomic mass is 32.2. The third-order valence-corrected chi connectivity index (χ3v) is 4.91. The van der Waals surface area contributed by atoms with Crippen molar-refractivity contribution in [2.75, 3.05) is 5.75 Å². The summed E-state index contributed by atoms with van der Waals surface area (Å²) in [5.74, 6) is -0.676. The normalized spacial score (nSPS) is 12.2. The van der Waals surface area contributed by atoms with Crippen molar-refractivity contribution >= 4 is 20.9 Å². The maximum atomic E-state index is 12.7. The smallest absolute Gasteiger partial charge is 0.233 e. The molecule has 0 saturated heterocycles. The van der Waals surface area contributed by atoms with Crippen LogP contribution in [0.3, 0.4) is 0 Å². The molecule has 0 aliphatic carbocycles. The fraction of sp³-hybridized carbons (Fsp3) is 0.176. The summed E-state index contributed by atoms with van der Waals surface area (Å²) in [6.07, 6.45) is -4.44. The van der Waals surface area contributed by atoms with E-state index in [9.17, 15) is 21.6 Å². The second-order valence-electron chi connectivity index (χ2n) is 5.66. The van der Waals surface area contributed by atoms with Gasteiger partial charge in [-0.3, -0.25) is 0 Å². The minimum absolute atomic E-state index is 0.141. The summed E-state index contributed by atoms with van der Waals surface area (Å²) in [6, 6.07) is 13.0. The Morgan fingerprint density at radius 3 is 2.41 bits per heavy atom. The van der Waals surface area contributed by atoms with Crippen molar-refractivity contribution in [3.63, 3.8) is 0 Å². The molecule has 1 heterocycles. The molecular weight excluding hydrogens is 381 g/mol. The molecule has 1 aromatic heterocycles. The van der Waals surface area contributed by atoms with Crippen molar-refractivity contribution in [3.8, 4) is 11.8 Å². The van der Waals surface area contributed by atoms with Gasteiger partial charge >= 0.3 is 6.18 Å². The fourth-order valence-corrected chi connectivity index (χ4v) is 3.19. The number of aromatic nitrogens is 2. The molecule has 0 unspecified atom stereocenters. The van der Waals surface area contributed by atoms with Gasteiger partial charge in [0.2, 0.25) is 10.0 Å². The Morgan fingerprint density at radius 1 is 1.11 bits per heavy atom. The van der Waals surface area contributed by atoms with Crippen LogP contribution in [-0.4, -0.2) is 24.0 Å². The van der Waals surface area contributed by atoms with Gasteiger partial charge in [0.25, 0.3) is 0 Å². The largest absolute Gasteiger partial charge is 0.416 e. The van der Waals surface area contributed by atoms with Crippen LogP contribution in [0.25, 0.3) is 16.6 Å². The first-order valence-corrected chi connectivity index (χ1v) is 9.35. The predicted molar refractivity (Wildman–Crippen MR) is 92.3 cm³/mol. The van der Waals surface area contributed by atoms with E-state index in [1.54, 1.807) is 30.3 Å². The molecule has 6 nitrogen and oxygen atoms in total. The maximum Gasteiger partial charge on any atom is 0.416 e. The molecule has 0 saturated carbocycles. The number of hydrogen-bond donors (Lipinski definition) is 1. The molecule has 0 aliphatic heterocycles. The van der Waals surface area contributed by atoms with Crippen LogP contribution in [0.2, 0.25) is 0 Å². The maximum absolute atomic E-state index is 12.7.